The van der Waals surface area contributed by atoms with Crippen molar-refractivity contribution in [2.24, 2.45) is 0 Å². The van der Waals surface area contributed by atoms with E-state index in [1.807, 2.05) is 164 Å². The van der Waals surface area contributed by atoms with Crippen LogP contribution in [0.4, 0.5) is 28.4 Å². The van der Waals surface area contributed by atoms with E-state index in [0.29, 0.717) is 123 Å². The van der Waals surface area contributed by atoms with Gasteiger partial charge in [-0.1, -0.05) is 190 Å². The smallest absolute Gasteiger partial charge is 0.259 e. The van der Waals surface area contributed by atoms with E-state index in [-0.39, 0.29) is 42.7 Å². The van der Waals surface area contributed by atoms with Crippen LogP contribution in [0.15, 0.2) is 390 Å². The maximum atomic E-state index is 12.7. The lowest BCUT2D eigenvalue weighted by Crippen LogP contribution is -2.14. The number of carbonyl (C=O) groups is 5. The van der Waals surface area contributed by atoms with Crippen LogP contribution in [0.5, 0.6) is 51.7 Å². The second kappa shape index (κ2) is 51.5. The lowest BCUT2D eigenvalue weighted by molar-refractivity contribution is 0.101. The highest BCUT2D eigenvalue weighted by molar-refractivity contribution is 6.09. The van der Waals surface area contributed by atoms with Crippen LogP contribution in [0.2, 0.25) is 0 Å². The molecule has 0 saturated heterocycles. The van der Waals surface area contributed by atoms with E-state index in [0.717, 1.165) is 57.7 Å². The molecule has 5 aromatic heterocycles. The molecule has 0 spiro atoms. The summed E-state index contributed by atoms with van der Waals surface area (Å²) in [5, 5.41) is 14.1. The molecule has 0 saturated carbocycles. The number of rotatable bonds is 33. The van der Waals surface area contributed by atoms with Crippen molar-refractivity contribution in [3.8, 4) is 51.7 Å². The van der Waals surface area contributed by atoms with Gasteiger partial charge >= 0.3 is 0 Å². The van der Waals surface area contributed by atoms with Crippen molar-refractivity contribution in [1.29, 1.82) is 0 Å². The Morgan fingerprint density at radius 3 is 0.835 bits per heavy atom. The number of aromatic nitrogens is 5. The van der Waals surface area contributed by atoms with Gasteiger partial charge in [-0.25, -0.2) is 0 Å². The number of methoxy groups -OCH3 is 3. The number of para-hydroxylation sites is 7. The molecule has 133 heavy (non-hydrogen) atoms. The minimum absolute atomic E-state index is 0.215. The first kappa shape index (κ1) is 94.8. The molecule has 16 aromatic rings. The van der Waals surface area contributed by atoms with E-state index in [9.17, 15) is 24.0 Å². The Bertz CT molecular complexity index is 6210. The molecule has 0 aliphatic heterocycles. The zero-order chi connectivity index (χ0) is 92.8. The van der Waals surface area contributed by atoms with Gasteiger partial charge in [0.25, 0.3) is 29.5 Å². The summed E-state index contributed by atoms with van der Waals surface area (Å²) in [7, 11) is 4.82. The Labute approximate surface area is 773 Å². The number of anilines is 5. The zero-order valence-corrected chi connectivity index (χ0v) is 74.1. The number of nitrogens with one attached hydrogen (secondary N) is 5. The summed E-state index contributed by atoms with van der Waals surface area (Å²) in [6.07, 6.45) is 18.2. The Kier molecular flexibility index (Phi) is 36.7. The summed E-state index contributed by atoms with van der Waals surface area (Å²) < 4.78 is 51.6. The maximum Gasteiger partial charge on any atom is 0.259 e. The van der Waals surface area contributed by atoms with E-state index in [4.69, 9.17) is 42.6 Å². The summed E-state index contributed by atoms with van der Waals surface area (Å²) in [4.78, 5) is 82.9. The number of amides is 5. The Morgan fingerprint density at radius 1 is 0.226 bits per heavy atom. The number of benzene rings is 11. The van der Waals surface area contributed by atoms with Crippen LogP contribution >= 0.6 is 0 Å². The largest absolute Gasteiger partial charge is 0.497 e. The number of nitrogens with zero attached hydrogens (tertiary/aromatic N) is 5. The molecule has 24 nitrogen and oxygen atoms in total. The van der Waals surface area contributed by atoms with Crippen LogP contribution in [0.1, 0.15) is 110 Å². The van der Waals surface area contributed by atoms with E-state index < -0.39 is 0 Å². The third kappa shape index (κ3) is 29.7. The average Bonchev–Trinajstić information content (AvgIpc) is 0.844. The minimum Gasteiger partial charge on any atom is -0.497 e. The van der Waals surface area contributed by atoms with Gasteiger partial charge in [0.15, 0.2) is 0 Å². The fourth-order valence-corrected chi connectivity index (χ4v) is 13.1. The summed E-state index contributed by atoms with van der Waals surface area (Å²) in [5.41, 5.74) is 14.0. The molecule has 5 amide bonds. The van der Waals surface area contributed by atoms with Crippen LogP contribution in [-0.2, 0) is 52.5 Å². The monoisotopic (exact) mass is 1770 g/mol. The molecule has 16 rings (SSSR count). The molecule has 11 aromatic carbocycles. The highest BCUT2D eigenvalue weighted by Crippen LogP contribution is 2.32. The Morgan fingerprint density at radius 2 is 0.496 bits per heavy atom. The van der Waals surface area contributed by atoms with Gasteiger partial charge in [0.2, 0.25) is 0 Å². The third-order valence-corrected chi connectivity index (χ3v) is 20.0. The van der Waals surface area contributed by atoms with Gasteiger partial charge in [-0.2, -0.15) is 0 Å². The van der Waals surface area contributed by atoms with Crippen LogP contribution < -0.4 is 69.2 Å². The fraction of sp³-hybridized carbons (Fsp3) is 0.119. The number of pyridine rings is 5. The average molecular weight is 1770 g/mol. The quantitative estimate of drug-likeness (QED) is 0.0255. The predicted molar refractivity (Wildman–Crippen MR) is 516 cm³/mol. The molecular formula is C109H100N10O14. The molecule has 0 atom stereocenters. The highest BCUT2D eigenvalue weighted by atomic mass is 16.5. The molecule has 5 heterocycles. The normalized spacial score (nSPS) is 10.2. The van der Waals surface area contributed by atoms with Gasteiger partial charge in [0.1, 0.15) is 91.4 Å². The molecule has 0 unspecified atom stereocenters. The van der Waals surface area contributed by atoms with E-state index in [1.54, 1.807) is 211 Å². The van der Waals surface area contributed by atoms with Gasteiger partial charge in [0.05, 0.1) is 109 Å². The van der Waals surface area contributed by atoms with Crippen LogP contribution in [0.25, 0.3) is 0 Å². The Hall–Kier alpha value is -17.3. The number of aryl methyl sites for hydroxylation is 2. The zero-order valence-electron chi connectivity index (χ0n) is 74.1. The number of carbonyl (C=O) groups excluding carboxylic acids is 5. The first-order chi connectivity index (χ1) is 65.3. The molecular weight excluding hydrogens is 1670 g/mol. The molecule has 0 aliphatic rings. The van der Waals surface area contributed by atoms with Crippen LogP contribution in [0.3, 0.4) is 0 Å². The highest BCUT2D eigenvalue weighted by Gasteiger charge is 2.20. The van der Waals surface area contributed by atoms with Gasteiger partial charge in [-0.05, 0) is 192 Å². The number of hydrogen-bond donors (Lipinski definition) is 5. The minimum atomic E-state index is -0.267. The van der Waals surface area contributed by atoms with E-state index in [2.05, 4.69) is 102 Å². The Balaban J connectivity index is 0.000000150. The molecule has 0 fully saturated rings. The lowest BCUT2D eigenvalue weighted by Gasteiger charge is -2.14. The van der Waals surface area contributed by atoms with Crippen LogP contribution in [-0.4, -0.2) is 75.8 Å². The molecule has 0 radical (unpaired) electrons. The van der Waals surface area contributed by atoms with E-state index >= 15 is 0 Å². The fourth-order valence-electron chi connectivity index (χ4n) is 13.1. The van der Waals surface area contributed by atoms with Gasteiger partial charge in [-0.15, -0.1) is 0 Å². The van der Waals surface area contributed by atoms with Crippen molar-refractivity contribution in [2.45, 2.75) is 66.3 Å². The lowest BCUT2D eigenvalue weighted by atomic mass is 10.1. The van der Waals surface area contributed by atoms with Gasteiger partial charge < -0.3 is 69.2 Å². The summed E-state index contributed by atoms with van der Waals surface area (Å²) in [6, 6.07) is 101. The molecule has 0 aliphatic carbocycles. The predicted octanol–water partition coefficient (Wildman–Crippen LogP) is 22.3. The number of ether oxygens (including phenoxy) is 9. The standard InChI is InChI=1S/C26H22N2O3.C21H20N2O4.2C21H20N2O2.C20H18N2O3/c29-26(28-22-12-8-16-27-17-22)23-13-5-7-15-25(23)31-19-21-11-4-6-14-24(21)30-18-20-9-2-1-3-10-20;1-25-17-9-10-19(26-2)15(12-17)14-27-20-8-4-3-7-18(20)21(24)23-16-6-5-11-22-13-16;1-2-16-8-3-4-9-17(16)15-25-20-12-6-5-11-19(20)21(24)23-18-10-7-13-22-14-18;1-2-16-9-11-17(12-10-16)15-25-20-8-4-3-7-19(20)21(24)23-18-6-5-13-22-14-18;1-24-18-10-4-2-7-15(18)14-25-19-11-5-3-9-17(19)20(23)22-16-8-6-12-21-13-16/h1-17H,18-19H2,(H,28,29);3-13H,14H2,1-2H3,(H,23,24);2*3-14H,2,15H2,1H3,(H,23,24);2-13H,14H2,1H3,(H,22,23). The van der Waals surface area contributed by atoms with Crippen molar-refractivity contribution >= 4 is 58.0 Å². The first-order valence-electron chi connectivity index (χ1n) is 42.7. The second-order valence-electron chi connectivity index (χ2n) is 29.1. The van der Waals surface area contributed by atoms with Crippen LogP contribution in [0, 0.1) is 0 Å². The van der Waals surface area contributed by atoms with Crippen molar-refractivity contribution in [3.63, 3.8) is 0 Å². The van der Waals surface area contributed by atoms with Gasteiger partial charge in [-0.3, -0.25) is 48.9 Å². The summed E-state index contributed by atoms with van der Waals surface area (Å²) >= 11 is 0. The second-order valence-corrected chi connectivity index (χ2v) is 29.1. The summed E-state index contributed by atoms with van der Waals surface area (Å²) in [5.74, 6) is 4.31. The SMILES string of the molecule is CCc1ccc(COc2ccccc2C(=O)Nc2cccnc2)cc1.CCc1ccccc1COc1ccccc1C(=O)Nc1cccnc1.COc1ccc(OC)c(COc2ccccc2C(=O)Nc2cccnc2)c1.COc1ccccc1COc1ccccc1C(=O)Nc1cccnc1.O=C(Nc1cccnc1)c1ccccc1OCc1ccccc1OCc1ccccc1. The first-order valence-corrected chi connectivity index (χ1v) is 42.7. The van der Waals surface area contributed by atoms with Crippen molar-refractivity contribution in [2.75, 3.05) is 47.9 Å². The molecule has 670 valence electrons. The van der Waals surface area contributed by atoms with Crippen molar-refractivity contribution in [1.82, 2.24) is 24.9 Å². The molecule has 0 bridgehead atoms. The third-order valence-electron chi connectivity index (χ3n) is 20.0. The molecule has 24 heteroatoms. The van der Waals surface area contributed by atoms with Crippen molar-refractivity contribution in [3.05, 3.63) is 462 Å². The topological polar surface area (TPSA) is 293 Å². The van der Waals surface area contributed by atoms with E-state index in [1.165, 1.54) is 11.1 Å². The number of hydrogen-bond acceptors (Lipinski definition) is 19. The molecule has 5 N–H and O–H groups in total. The van der Waals surface area contributed by atoms with Gasteiger partial charge in [0, 0.05) is 47.7 Å². The van der Waals surface area contributed by atoms with Crippen molar-refractivity contribution < 1.29 is 66.6 Å². The summed E-state index contributed by atoms with van der Waals surface area (Å²) in [6.45, 7) is 6.39. The maximum absolute atomic E-state index is 12.7.